The zero-order chi connectivity index (χ0) is 9.30. The number of thiol groups is 1. The highest BCUT2D eigenvalue weighted by Gasteiger charge is 2.38. The van der Waals surface area contributed by atoms with Crippen LogP contribution in [0.1, 0.15) is 0 Å². The molecule has 1 aliphatic rings. The van der Waals surface area contributed by atoms with Gasteiger partial charge in [-0.2, -0.15) is 12.6 Å². The van der Waals surface area contributed by atoms with Gasteiger partial charge in [-0.15, -0.1) is 0 Å². The van der Waals surface area contributed by atoms with E-state index in [4.69, 9.17) is 15.3 Å². The van der Waals surface area contributed by atoms with E-state index < -0.39 is 28.8 Å². The molecule has 0 amide bonds. The number of esters is 1. The van der Waals surface area contributed by atoms with Gasteiger partial charge in [-0.05, 0) is 0 Å². The van der Waals surface area contributed by atoms with E-state index >= 15 is 0 Å². The Morgan fingerprint density at radius 2 is 2.17 bits per heavy atom. The van der Waals surface area contributed by atoms with Crippen LogP contribution >= 0.6 is 12.6 Å². The summed E-state index contributed by atoms with van der Waals surface area (Å²) >= 11 is 3.83. The van der Waals surface area contributed by atoms with Gasteiger partial charge in [0, 0.05) is 0 Å². The molecule has 5 nitrogen and oxygen atoms in total. The predicted octanol–water partition coefficient (Wildman–Crippen LogP) is -0.470. The molecule has 68 valence electrons. The largest absolute Gasteiger partial charge is 0.505 e. The van der Waals surface area contributed by atoms with Crippen molar-refractivity contribution in [3.8, 4) is 0 Å². The molecule has 12 heavy (non-hydrogen) atoms. The van der Waals surface area contributed by atoms with E-state index in [0.29, 0.717) is 0 Å². The molecule has 0 aromatic rings. The highest BCUT2D eigenvalue weighted by Crippen LogP contribution is 2.23. The molecule has 0 saturated carbocycles. The van der Waals surface area contributed by atoms with Crippen LogP contribution in [0, 0.1) is 0 Å². The number of hydrogen-bond donors (Lipinski definition) is 4. The maximum Gasteiger partial charge on any atom is 0.377 e. The molecule has 0 radical (unpaired) electrons. The van der Waals surface area contributed by atoms with Crippen LogP contribution in [-0.4, -0.2) is 39.2 Å². The van der Waals surface area contributed by atoms with Gasteiger partial charge in [-0.1, -0.05) is 0 Å². The van der Waals surface area contributed by atoms with Crippen molar-refractivity contribution in [1.29, 1.82) is 0 Å². The molecule has 0 aromatic carbocycles. The van der Waals surface area contributed by atoms with Crippen LogP contribution in [0.5, 0.6) is 0 Å². The smallest absolute Gasteiger partial charge is 0.377 e. The van der Waals surface area contributed by atoms with Crippen LogP contribution in [0.15, 0.2) is 11.5 Å². The summed E-state index contributed by atoms with van der Waals surface area (Å²) < 4.78 is 4.49. The van der Waals surface area contributed by atoms with Crippen molar-refractivity contribution >= 4 is 18.6 Å². The fourth-order valence-corrected chi connectivity index (χ4v) is 1.02. The first-order valence-corrected chi connectivity index (χ1v) is 3.71. The molecular weight excluding hydrogens is 184 g/mol. The van der Waals surface area contributed by atoms with Crippen LogP contribution in [0.3, 0.4) is 0 Å². The van der Waals surface area contributed by atoms with Crippen molar-refractivity contribution < 1.29 is 24.9 Å². The van der Waals surface area contributed by atoms with Gasteiger partial charge in [0.15, 0.2) is 11.9 Å². The summed E-state index contributed by atoms with van der Waals surface area (Å²) in [4.78, 5) is 10.6. The molecule has 0 bridgehead atoms. The van der Waals surface area contributed by atoms with E-state index in [2.05, 4.69) is 17.4 Å². The third-order valence-corrected chi connectivity index (χ3v) is 1.91. The number of carbonyl (C=O) groups excluding carboxylic acids is 1. The van der Waals surface area contributed by atoms with Gasteiger partial charge >= 0.3 is 5.97 Å². The van der Waals surface area contributed by atoms with Gasteiger partial charge in [-0.3, -0.25) is 0 Å². The minimum Gasteiger partial charge on any atom is -0.505 e. The summed E-state index contributed by atoms with van der Waals surface area (Å²) in [5.74, 6) is -2.38. The summed E-state index contributed by atoms with van der Waals surface area (Å²) in [5, 5.41) is 25.8. The second kappa shape index (κ2) is 3.24. The molecule has 0 spiro atoms. The fourth-order valence-electron chi connectivity index (χ4n) is 0.823. The standard InChI is InChI=1S/C6H8O5S/c7-1-2(12)5-3(8)4(9)6(10)11-5/h2,5,7-9,12H,1H2. The average molecular weight is 192 g/mol. The van der Waals surface area contributed by atoms with Crippen molar-refractivity contribution in [3.05, 3.63) is 11.5 Å². The quantitative estimate of drug-likeness (QED) is 0.351. The minimum atomic E-state index is -1.05. The van der Waals surface area contributed by atoms with Gasteiger partial charge < -0.3 is 20.1 Å². The Labute approximate surface area is 73.7 Å². The predicted molar refractivity (Wildman–Crippen MR) is 42.0 cm³/mol. The molecule has 0 aromatic heterocycles. The van der Waals surface area contributed by atoms with Crippen LogP contribution < -0.4 is 0 Å². The van der Waals surface area contributed by atoms with E-state index in [0.717, 1.165) is 0 Å². The van der Waals surface area contributed by atoms with Gasteiger partial charge in [0.1, 0.15) is 0 Å². The monoisotopic (exact) mass is 192 g/mol. The van der Waals surface area contributed by atoms with Crippen LogP contribution in [0.25, 0.3) is 0 Å². The first kappa shape index (κ1) is 9.21. The highest BCUT2D eigenvalue weighted by molar-refractivity contribution is 7.81. The summed E-state index contributed by atoms with van der Waals surface area (Å²) in [6, 6.07) is 0. The molecule has 1 aliphatic heterocycles. The maximum atomic E-state index is 10.6. The normalized spacial score (nSPS) is 25.8. The lowest BCUT2D eigenvalue weighted by Gasteiger charge is -2.14. The number of ether oxygens (including phenoxy) is 1. The highest BCUT2D eigenvalue weighted by atomic mass is 32.1. The fraction of sp³-hybridized carbons (Fsp3) is 0.500. The van der Waals surface area contributed by atoms with E-state index in [1.165, 1.54) is 0 Å². The van der Waals surface area contributed by atoms with Crippen LogP contribution in [-0.2, 0) is 9.53 Å². The van der Waals surface area contributed by atoms with Gasteiger partial charge in [-0.25, -0.2) is 4.79 Å². The Morgan fingerprint density at radius 1 is 1.58 bits per heavy atom. The topological polar surface area (TPSA) is 87.0 Å². The zero-order valence-electron chi connectivity index (χ0n) is 5.97. The van der Waals surface area contributed by atoms with Crippen molar-refractivity contribution in [2.24, 2.45) is 0 Å². The van der Waals surface area contributed by atoms with Crippen molar-refractivity contribution in [2.75, 3.05) is 6.61 Å². The summed E-state index contributed by atoms with van der Waals surface area (Å²) in [6.45, 7) is -0.363. The first-order valence-electron chi connectivity index (χ1n) is 3.20. The Bertz CT molecular complexity index is 236. The van der Waals surface area contributed by atoms with E-state index in [1.807, 2.05) is 0 Å². The Hall–Kier alpha value is -0.880. The summed E-state index contributed by atoms with van der Waals surface area (Å²) in [5.41, 5.74) is 0. The zero-order valence-corrected chi connectivity index (χ0v) is 6.86. The molecule has 6 heteroatoms. The van der Waals surface area contributed by atoms with Crippen LogP contribution in [0.4, 0.5) is 0 Å². The molecule has 0 aliphatic carbocycles. The molecule has 1 rings (SSSR count). The molecule has 0 fully saturated rings. The number of carbonyl (C=O) groups is 1. The number of rotatable bonds is 2. The number of aliphatic hydroxyl groups is 3. The van der Waals surface area contributed by atoms with Crippen molar-refractivity contribution in [2.45, 2.75) is 11.4 Å². The van der Waals surface area contributed by atoms with Gasteiger partial charge in [0.05, 0.1) is 11.9 Å². The molecule has 0 saturated heterocycles. The summed E-state index contributed by atoms with van der Waals surface area (Å²) in [6.07, 6.45) is -1.05. The lowest BCUT2D eigenvalue weighted by Crippen LogP contribution is -2.27. The molecule has 2 atom stereocenters. The lowest BCUT2D eigenvalue weighted by atomic mass is 10.2. The second-order valence-corrected chi connectivity index (χ2v) is 2.97. The minimum absolute atomic E-state index is 0.363. The molecule has 1 heterocycles. The molecule has 2 unspecified atom stereocenters. The molecular formula is C6H8O5S. The van der Waals surface area contributed by atoms with Crippen LogP contribution in [0.2, 0.25) is 0 Å². The number of cyclic esters (lactones) is 1. The third kappa shape index (κ3) is 1.35. The summed E-state index contributed by atoms with van der Waals surface area (Å²) in [7, 11) is 0. The Balaban J connectivity index is 2.80. The Morgan fingerprint density at radius 3 is 2.50 bits per heavy atom. The average Bonchev–Trinajstić information content (AvgIpc) is 2.32. The number of aliphatic hydroxyl groups excluding tert-OH is 3. The van der Waals surface area contributed by atoms with Crippen molar-refractivity contribution in [1.82, 2.24) is 0 Å². The van der Waals surface area contributed by atoms with Gasteiger partial charge in [0.25, 0.3) is 0 Å². The first-order chi connectivity index (χ1) is 5.57. The van der Waals surface area contributed by atoms with Crippen molar-refractivity contribution in [3.63, 3.8) is 0 Å². The van der Waals surface area contributed by atoms with E-state index in [-0.39, 0.29) is 6.61 Å². The maximum absolute atomic E-state index is 10.6. The number of hydrogen-bond acceptors (Lipinski definition) is 6. The van der Waals surface area contributed by atoms with Gasteiger partial charge in [0.2, 0.25) is 5.76 Å². The van der Waals surface area contributed by atoms with E-state index in [9.17, 15) is 4.79 Å². The SMILES string of the molecule is O=C1OC(C(S)CO)C(O)=C1O. The molecule has 3 N–H and O–H groups in total. The second-order valence-electron chi connectivity index (χ2n) is 2.31. The third-order valence-electron chi connectivity index (χ3n) is 1.48. The lowest BCUT2D eigenvalue weighted by molar-refractivity contribution is -0.142. The van der Waals surface area contributed by atoms with E-state index in [1.54, 1.807) is 0 Å². The Kier molecular flexibility index (Phi) is 2.49.